The lowest BCUT2D eigenvalue weighted by atomic mass is 10.1. The molecule has 0 aromatic heterocycles. The minimum Gasteiger partial charge on any atom is -0.453 e. The average molecular weight is 377 g/mol. The molecule has 0 unspecified atom stereocenters. The molecule has 1 saturated heterocycles. The molecule has 0 bridgehead atoms. The summed E-state index contributed by atoms with van der Waals surface area (Å²) in [5, 5.41) is 5.49. The topological polar surface area (TPSA) is 84.5 Å². The Morgan fingerprint density at radius 1 is 1.25 bits per heavy atom. The number of amides is 3. The Morgan fingerprint density at radius 3 is 2.54 bits per heavy atom. The van der Waals surface area contributed by atoms with E-state index in [-0.39, 0.29) is 0 Å². The molecule has 2 N–H and O–H groups in total. The molecule has 0 aliphatic carbocycles. The first-order valence-electron chi connectivity index (χ1n) is 8.28. The molecule has 2 atom stereocenters. The maximum Gasteiger partial charge on any atom is 0.321 e. The predicted molar refractivity (Wildman–Crippen MR) is 98.9 cm³/mol. The summed E-state index contributed by atoms with van der Waals surface area (Å²) < 4.78 is 5.07. The molecule has 1 fully saturated rings. The molecule has 1 rings (SSSR count). The van der Waals surface area contributed by atoms with E-state index in [1.165, 1.54) is 19.1 Å². The van der Waals surface area contributed by atoms with Crippen LogP contribution in [0.2, 0.25) is 0 Å². The molecule has 0 saturated carbocycles. The van der Waals surface area contributed by atoms with Crippen molar-refractivity contribution in [3.05, 3.63) is 0 Å². The van der Waals surface area contributed by atoms with Crippen molar-refractivity contribution < 1.29 is 19.1 Å². The molecule has 3 amide bonds. The highest BCUT2D eigenvalue weighted by molar-refractivity contribution is 8.77. The lowest BCUT2D eigenvalue weighted by Gasteiger charge is -2.21. The Hall–Kier alpha value is -0.890. The fraction of sp³-hybridized carbons (Fsp3) is 0.812. The van der Waals surface area contributed by atoms with E-state index >= 15 is 0 Å². The molecule has 1 aliphatic rings. The summed E-state index contributed by atoms with van der Waals surface area (Å²) >= 11 is 0. The third kappa shape index (κ3) is 9.42. The molecular formula is C16H28N2O4S2. The van der Waals surface area contributed by atoms with Crippen molar-refractivity contribution in [1.29, 1.82) is 0 Å². The maximum absolute atomic E-state index is 11.8. The monoisotopic (exact) mass is 376 g/mol. The van der Waals surface area contributed by atoms with Crippen LogP contribution in [0.15, 0.2) is 0 Å². The number of nitrogens with one attached hydrogen (secondary N) is 2. The van der Waals surface area contributed by atoms with Crippen LogP contribution < -0.4 is 10.6 Å². The fourth-order valence-electron chi connectivity index (χ4n) is 2.10. The normalized spacial score (nSPS) is 18.8. The smallest absolute Gasteiger partial charge is 0.321 e. The lowest BCUT2D eigenvalue weighted by Crippen LogP contribution is -2.50. The summed E-state index contributed by atoms with van der Waals surface area (Å²) in [4.78, 5) is 35.2. The summed E-state index contributed by atoms with van der Waals surface area (Å²) in [6.45, 7) is 6.89. The minimum atomic E-state index is -0.981. The van der Waals surface area contributed by atoms with Gasteiger partial charge in [-0.15, -0.1) is 0 Å². The highest BCUT2D eigenvalue weighted by Gasteiger charge is 2.22. The quantitative estimate of drug-likeness (QED) is 0.403. The molecule has 24 heavy (non-hydrogen) atoms. The Balaban J connectivity index is 2.17. The van der Waals surface area contributed by atoms with E-state index < -0.39 is 29.6 Å². The molecule has 1 heterocycles. The summed E-state index contributed by atoms with van der Waals surface area (Å²) in [5.41, 5.74) is -0.444. The van der Waals surface area contributed by atoms with Crippen LogP contribution in [0.3, 0.4) is 0 Å². The van der Waals surface area contributed by atoms with Crippen molar-refractivity contribution in [2.45, 2.75) is 76.7 Å². The van der Waals surface area contributed by atoms with Crippen molar-refractivity contribution in [2.75, 3.05) is 5.75 Å². The van der Waals surface area contributed by atoms with E-state index in [4.69, 9.17) is 4.74 Å². The van der Waals surface area contributed by atoms with E-state index in [1.54, 1.807) is 0 Å². The van der Waals surface area contributed by atoms with Crippen molar-refractivity contribution in [3.63, 3.8) is 0 Å². The second-order valence-corrected chi connectivity index (χ2v) is 9.69. The third-order valence-corrected chi connectivity index (χ3v) is 6.29. The average Bonchev–Trinajstić information content (AvgIpc) is 2.94. The van der Waals surface area contributed by atoms with E-state index in [0.29, 0.717) is 11.7 Å². The van der Waals surface area contributed by atoms with E-state index in [9.17, 15) is 14.4 Å². The van der Waals surface area contributed by atoms with Crippen LogP contribution in [0.25, 0.3) is 0 Å². The zero-order chi connectivity index (χ0) is 18.2. The summed E-state index contributed by atoms with van der Waals surface area (Å²) in [6.07, 6.45) is 3.43. The van der Waals surface area contributed by atoms with Crippen LogP contribution in [0, 0.1) is 0 Å². The van der Waals surface area contributed by atoms with Gasteiger partial charge in [0.05, 0.1) is 0 Å². The van der Waals surface area contributed by atoms with Gasteiger partial charge in [-0.25, -0.2) is 4.79 Å². The Kier molecular flexibility index (Phi) is 8.97. The van der Waals surface area contributed by atoms with Crippen LogP contribution in [0.5, 0.6) is 0 Å². The van der Waals surface area contributed by atoms with Crippen molar-refractivity contribution in [1.82, 2.24) is 10.6 Å². The first-order valence-corrected chi connectivity index (χ1v) is 10.7. The zero-order valence-electron chi connectivity index (χ0n) is 14.8. The second-order valence-electron chi connectivity index (χ2n) is 6.90. The van der Waals surface area contributed by atoms with Gasteiger partial charge < -0.3 is 10.1 Å². The molecule has 8 heteroatoms. The van der Waals surface area contributed by atoms with E-state index in [2.05, 4.69) is 10.6 Å². The van der Waals surface area contributed by atoms with E-state index in [0.717, 1.165) is 19.3 Å². The van der Waals surface area contributed by atoms with Crippen LogP contribution in [0.4, 0.5) is 4.79 Å². The molecule has 0 radical (unpaired) electrons. The zero-order valence-corrected chi connectivity index (χ0v) is 16.5. The lowest BCUT2D eigenvalue weighted by molar-refractivity contribution is -0.154. The number of esters is 1. The number of carbonyl (C=O) groups excluding carboxylic acids is 3. The van der Waals surface area contributed by atoms with Gasteiger partial charge in [0, 0.05) is 23.0 Å². The molecule has 0 aromatic rings. The van der Waals surface area contributed by atoms with Gasteiger partial charge in [-0.05, 0) is 47.0 Å². The van der Waals surface area contributed by atoms with Gasteiger partial charge in [-0.3, -0.25) is 14.9 Å². The Labute approximate surface area is 152 Å². The van der Waals surface area contributed by atoms with Crippen molar-refractivity contribution in [3.8, 4) is 0 Å². The van der Waals surface area contributed by atoms with Crippen molar-refractivity contribution >= 4 is 39.5 Å². The molecule has 1 aliphatic heterocycles. The Bertz CT molecular complexity index is 446. The first-order chi connectivity index (χ1) is 11.2. The fourth-order valence-corrected chi connectivity index (χ4v) is 5.13. The van der Waals surface area contributed by atoms with Gasteiger partial charge in [-0.1, -0.05) is 28.0 Å². The molecule has 0 aromatic carbocycles. The number of imide groups is 1. The number of carbonyl (C=O) groups is 3. The van der Waals surface area contributed by atoms with Crippen LogP contribution in [-0.2, 0) is 14.3 Å². The van der Waals surface area contributed by atoms with Gasteiger partial charge in [0.15, 0.2) is 6.10 Å². The van der Waals surface area contributed by atoms with Crippen LogP contribution >= 0.6 is 21.6 Å². The largest absolute Gasteiger partial charge is 0.453 e. The standard InChI is InChI=1S/C16H28N2O4S2/c1-11(14(20)17-15(21)18-16(2,3)4)22-13(19)8-6-5-7-12-9-10-23-24-12/h11-12H,5-10H2,1-4H3,(H2,17,18,20,21)/t11-,12+/m1/s1. The molecule has 138 valence electrons. The number of urea groups is 1. The van der Waals surface area contributed by atoms with Gasteiger partial charge in [0.1, 0.15) is 0 Å². The first kappa shape index (κ1) is 21.2. The van der Waals surface area contributed by atoms with E-state index in [1.807, 2.05) is 42.4 Å². The maximum atomic E-state index is 11.8. The van der Waals surface area contributed by atoms with Gasteiger partial charge in [-0.2, -0.15) is 0 Å². The number of ether oxygens (including phenoxy) is 1. The molecule has 6 nitrogen and oxygen atoms in total. The summed E-state index contributed by atoms with van der Waals surface area (Å²) in [7, 11) is 3.85. The SMILES string of the molecule is C[C@@H](OC(=O)CCCC[C@H]1CCSS1)C(=O)NC(=O)NC(C)(C)C. The number of rotatable bonds is 7. The number of unbranched alkanes of at least 4 members (excludes halogenated alkanes) is 1. The Morgan fingerprint density at radius 2 is 1.96 bits per heavy atom. The highest BCUT2D eigenvalue weighted by atomic mass is 33.1. The second kappa shape index (κ2) is 10.2. The highest BCUT2D eigenvalue weighted by Crippen LogP contribution is 2.39. The summed E-state index contributed by atoms with van der Waals surface area (Å²) in [6, 6.07) is -0.595. The van der Waals surface area contributed by atoms with Crippen LogP contribution in [-0.4, -0.2) is 40.6 Å². The summed E-state index contributed by atoms with van der Waals surface area (Å²) in [5.74, 6) is 0.194. The van der Waals surface area contributed by atoms with Crippen molar-refractivity contribution in [2.24, 2.45) is 0 Å². The van der Waals surface area contributed by atoms with Gasteiger partial charge in [0.25, 0.3) is 5.91 Å². The van der Waals surface area contributed by atoms with Gasteiger partial charge >= 0.3 is 12.0 Å². The number of hydrogen-bond donors (Lipinski definition) is 2. The minimum absolute atomic E-state index is 0.302. The molecular weight excluding hydrogens is 348 g/mol. The third-order valence-electron chi connectivity index (χ3n) is 3.29. The predicted octanol–water partition coefficient (Wildman–Crippen LogP) is 3.26. The van der Waals surface area contributed by atoms with Crippen LogP contribution in [0.1, 0.15) is 59.8 Å². The molecule has 0 spiro atoms. The van der Waals surface area contributed by atoms with Gasteiger partial charge in [0.2, 0.25) is 0 Å². The number of hydrogen-bond acceptors (Lipinski definition) is 6.